The maximum absolute atomic E-state index is 2.36. The molecule has 0 aromatic heterocycles. The molecule has 0 saturated carbocycles. The molecule has 0 amide bonds. The van der Waals surface area contributed by atoms with Crippen molar-refractivity contribution in [2.24, 2.45) is 0 Å². The van der Waals surface area contributed by atoms with E-state index in [9.17, 15) is 0 Å². The summed E-state index contributed by atoms with van der Waals surface area (Å²) in [5.74, 6) is 0. The molecule has 0 heteroatoms. The quantitative estimate of drug-likeness (QED) is 0.181. The summed E-state index contributed by atoms with van der Waals surface area (Å²) in [4.78, 5) is 0. The van der Waals surface area contributed by atoms with Crippen LogP contribution < -0.4 is 0 Å². The lowest BCUT2D eigenvalue weighted by atomic mass is 9.85. The highest BCUT2D eigenvalue weighted by atomic mass is 14.2. The fraction of sp³-hybridized carbons (Fsp3) is 0.0435. The number of benzene rings is 8. The maximum Gasteiger partial charge on any atom is -0.00262 e. The molecule has 8 aromatic rings. The summed E-state index contributed by atoms with van der Waals surface area (Å²) in [6.07, 6.45) is 6.83. The van der Waals surface area contributed by atoms with E-state index in [-0.39, 0.29) is 0 Å². The van der Waals surface area contributed by atoms with Gasteiger partial charge in [-0.2, -0.15) is 0 Å². The van der Waals surface area contributed by atoms with Gasteiger partial charge in [0.2, 0.25) is 0 Å². The Morgan fingerprint density at radius 1 is 0.348 bits per heavy atom. The van der Waals surface area contributed by atoms with Crippen molar-refractivity contribution >= 4 is 38.4 Å². The molecule has 0 radical (unpaired) electrons. The van der Waals surface area contributed by atoms with Crippen molar-refractivity contribution in [2.75, 3.05) is 0 Å². The number of aryl methyl sites for hydroxylation is 1. The average Bonchev–Trinajstić information content (AvgIpc) is 3.13. The van der Waals surface area contributed by atoms with Crippen molar-refractivity contribution in [3.05, 3.63) is 175 Å². The van der Waals surface area contributed by atoms with Gasteiger partial charge in [-0.25, -0.2) is 0 Å². The SMILES string of the molecule is C1=Cc2cc(-c3ccc(-c4cccc(-c5c6ccccc6c(-c6ccc7ccccc7c6)c6ccccc56)c4)cc3)ccc2CC1. The third-order valence-electron chi connectivity index (χ3n) is 9.70. The molecule has 0 saturated heterocycles. The van der Waals surface area contributed by atoms with Crippen LogP contribution in [-0.4, -0.2) is 0 Å². The highest BCUT2D eigenvalue weighted by Gasteiger charge is 2.17. The van der Waals surface area contributed by atoms with E-state index < -0.39 is 0 Å². The van der Waals surface area contributed by atoms with Gasteiger partial charge < -0.3 is 0 Å². The van der Waals surface area contributed by atoms with Crippen molar-refractivity contribution in [1.82, 2.24) is 0 Å². The molecule has 216 valence electrons. The van der Waals surface area contributed by atoms with Gasteiger partial charge in [-0.15, -0.1) is 0 Å². The van der Waals surface area contributed by atoms with Gasteiger partial charge >= 0.3 is 0 Å². The van der Waals surface area contributed by atoms with Crippen LogP contribution in [0.5, 0.6) is 0 Å². The lowest BCUT2D eigenvalue weighted by Crippen LogP contribution is -1.94. The first-order chi connectivity index (χ1) is 22.8. The van der Waals surface area contributed by atoms with Gasteiger partial charge in [-0.3, -0.25) is 0 Å². The average molecular weight is 585 g/mol. The van der Waals surface area contributed by atoms with Crippen LogP contribution in [0.25, 0.3) is 82.9 Å². The van der Waals surface area contributed by atoms with Crippen LogP contribution >= 0.6 is 0 Å². The zero-order valence-electron chi connectivity index (χ0n) is 25.6. The Morgan fingerprint density at radius 2 is 0.870 bits per heavy atom. The van der Waals surface area contributed by atoms with Crippen LogP contribution in [0, 0.1) is 0 Å². The summed E-state index contributed by atoms with van der Waals surface area (Å²) in [5.41, 5.74) is 12.9. The van der Waals surface area contributed by atoms with Gasteiger partial charge in [-0.05, 0) is 119 Å². The summed E-state index contributed by atoms with van der Waals surface area (Å²) in [7, 11) is 0. The highest BCUT2D eigenvalue weighted by molar-refractivity contribution is 6.21. The van der Waals surface area contributed by atoms with Crippen LogP contribution in [0.15, 0.2) is 164 Å². The van der Waals surface area contributed by atoms with Crippen LogP contribution in [0.4, 0.5) is 0 Å². The second-order valence-electron chi connectivity index (χ2n) is 12.4. The fourth-order valence-corrected chi connectivity index (χ4v) is 7.41. The molecule has 1 aliphatic carbocycles. The summed E-state index contributed by atoms with van der Waals surface area (Å²) in [6.45, 7) is 0. The molecule has 0 fully saturated rings. The molecule has 0 spiro atoms. The molecule has 0 nitrogen and oxygen atoms in total. The number of hydrogen-bond donors (Lipinski definition) is 0. The van der Waals surface area contributed by atoms with E-state index >= 15 is 0 Å². The lowest BCUT2D eigenvalue weighted by Gasteiger charge is -2.18. The summed E-state index contributed by atoms with van der Waals surface area (Å²) < 4.78 is 0. The maximum atomic E-state index is 2.36. The van der Waals surface area contributed by atoms with E-state index in [0.717, 1.165) is 12.8 Å². The van der Waals surface area contributed by atoms with Crippen molar-refractivity contribution in [2.45, 2.75) is 12.8 Å². The normalized spacial score (nSPS) is 12.5. The van der Waals surface area contributed by atoms with Crippen LogP contribution in [0.2, 0.25) is 0 Å². The Hall–Kier alpha value is -5.72. The molecule has 0 N–H and O–H groups in total. The van der Waals surface area contributed by atoms with Gasteiger partial charge in [-0.1, -0.05) is 152 Å². The van der Waals surface area contributed by atoms with Crippen molar-refractivity contribution < 1.29 is 0 Å². The highest BCUT2D eigenvalue weighted by Crippen LogP contribution is 2.44. The Bertz CT molecular complexity index is 2400. The molecule has 9 rings (SSSR count). The number of allylic oxidation sites excluding steroid dienone is 1. The van der Waals surface area contributed by atoms with Crippen molar-refractivity contribution in [3.8, 4) is 44.5 Å². The van der Waals surface area contributed by atoms with Gasteiger partial charge in [0.15, 0.2) is 0 Å². The van der Waals surface area contributed by atoms with E-state index in [0.29, 0.717) is 0 Å². The second-order valence-corrected chi connectivity index (χ2v) is 12.4. The zero-order valence-corrected chi connectivity index (χ0v) is 25.6. The molecular formula is C46H32. The standard InChI is InChI=1S/C46H32/c1-3-12-35-28-38(26-24-31(35)10-1)34-22-20-33(21-23-34)37-14-9-15-39(29-37)45-41-16-5-7-18-43(41)46(44-19-8-6-17-42(44)45)40-27-25-32-11-2-4-13-36(32)30-40/h2-9,11-30H,1,10H2. The molecule has 0 heterocycles. The Labute approximate surface area is 269 Å². The minimum Gasteiger partial charge on any atom is -0.0836 e. The molecule has 1 aliphatic rings. The second kappa shape index (κ2) is 11.0. The third kappa shape index (κ3) is 4.54. The largest absolute Gasteiger partial charge is 0.0836 e. The Kier molecular flexibility index (Phi) is 6.39. The van der Waals surface area contributed by atoms with Crippen LogP contribution in [0.1, 0.15) is 17.5 Å². The van der Waals surface area contributed by atoms with Crippen molar-refractivity contribution in [1.29, 1.82) is 0 Å². The predicted octanol–water partition coefficient (Wildman–Crippen LogP) is 12.8. The third-order valence-corrected chi connectivity index (χ3v) is 9.70. The molecule has 46 heavy (non-hydrogen) atoms. The smallest absolute Gasteiger partial charge is 0.00262 e. The van der Waals surface area contributed by atoms with E-state index in [1.807, 2.05) is 0 Å². The number of fused-ring (bicyclic) bond motifs is 4. The molecule has 0 bridgehead atoms. The van der Waals surface area contributed by atoms with Gasteiger partial charge in [0, 0.05) is 0 Å². The fourth-order valence-electron chi connectivity index (χ4n) is 7.41. The van der Waals surface area contributed by atoms with E-state index in [1.165, 1.54) is 88.0 Å². The Balaban J connectivity index is 1.17. The predicted molar refractivity (Wildman–Crippen MR) is 198 cm³/mol. The Morgan fingerprint density at radius 3 is 1.54 bits per heavy atom. The monoisotopic (exact) mass is 584 g/mol. The van der Waals surface area contributed by atoms with E-state index in [4.69, 9.17) is 0 Å². The van der Waals surface area contributed by atoms with Gasteiger partial charge in [0.25, 0.3) is 0 Å². The van der Waals surface area contributed by atoms with Gasteiger partial charge in [0.1, 0.15) is 0 Å². The number of rotatable bonds is 4. The topological polar surface area (TPSA) is 0 Å². The first kappa shape index (κ1) is 26.7. The molecule has 0 atom stereocenters. The molecule has 0 aliphatic heterocycles. The molecule has 0 unspecified atom stereocenters. The van der Waals surface area contributed by atoms with E-state index in [2.05, 4.69) is 170 Å². The van der Waals surface area contributed by atoms with Crippen LogP contribution in [0.3, 0.4) is 0 Å². The minimum atomic E-state index is 1.14. The molecule has 8 aromatic carbocycles. The summed E-state index contributed by atoms with van der Waals surface area (Å²) >= 11 is 0. The number of hydrogen-bond acceptors (Lipinski definition) is 0. The van der Waals surface area contributed by atoms with E-state index in [1.54, 1.807) is 0 Å². The minimum absolute atomic E-state index is 1.14. The first-order valence-electron chi connectivity index (χ1n) is 16.2. The summed E-state index contributed by atoms with van der Waals surface area (Å²) in [6, 6.07) is 58.3. The zero-order chi connectivity index (χ0) is 30.5. The summed E-state index contributed by atoms with van der Waals surface area (Å²) in [5, 5.41) is 7.64. The molecular weight excluding hydrogens is 553 g/mol. The van der Waals surface area contributed by atoms with Crippen molar-refractivity contribution in [3.63, 3.8) is 0 Å². The first-order valence-corrected chi connectivity index (χ1v) is 16.2. The van der Waals surface area contributed by atoms with Gasteiger partial charge in [0.05, 0.1) is 0 Å². The lowest BCUT2D eigenvalue weighted by molar-refractivity contribution is 0.986. The van der Waals surface area contributed by atoms with Crippen LogP contribution in [-0.2, 0) is 6.42 Å².